The number of esters is 1. The molecular weight excluding hydrogens is 310 g/mol. The Morgan fingerprint density at radius 1 is 1.25 bits per heavy atom. The van der Waals surface area contributed by atoms with E-state index in [1.54, 1.807) is 32.7 Å². The van der Waals surface area contributed by atoms with E-state index in [9.17, 15) is 14.9 Å². The van der Waals surface area contributed by atoms with E-state index >= 15 is 0 Å². The predicted octanol–water partition coefficient (Wildman–Crippen LogP) is 2.49. The van der Waals surface area contributed by atoms with Crippen LogP contribution in [0, 0.1) is 10.1 Å². The van der Waals surface area contributed by atoms with E-state index < -0.39 is 23.1 Å². The molecule has 1 aromatic rings. The van der Waals surface area contributed by atoms with Gasteiger partial charge in [0.05, 0.1) is 12.3 Å². The topological polar surface area (TPSA) is 75.9 Å². The van der Waals surface area contributed by atoms with Crippen molar-refractivity contribution < 1.29 is 14.5 Å². The molecule has 1 aliphatic rings. The van der Waals surface area contributed by atoms with E-state index in [1.807, 2.05) is 42.3 Å². The Hall–Kier alpha value is -2.15. The normalized spacial score (nSPS) is 26.4. The maximum absolute atomic E-state index is 12.7. The number of likely N-dealkylation sites (N-methyl/N-ethyl adjacent to an activating group) is 1. The second-order valence-corrected chi connectivity index (χ2v) is 6.57. The van der Waals surface area contributed by atoms with Crippen LogP contribution in [0.15, 0.2) is 30.3 Å². The summed E-state index contributed by atoms with van der Waals surface area (Å²) in [5.41, 5.74) is -1.47. The lowest BCUT2D eigenvalue weighted by Crippen LogP contribution is -2.59. The fourth-order valence-corrected chi connectivity index (χ4v) is 3.93. The number of hydrazine groups is 1. The molecule has 1 heterocycles. The van der Waals surface area contributed by atoms with Gasteiger partial charge in [-0.3, -0.25) is 15.1 Å². The maximum Gasteiger partial charge on any atom is 0.335 e. The number of rotatable bonds is 5. The number of anilines is 1. The highest BCUT2D eigenvalue weighted by Crippen LogP contribution is 2.45. The zero-order valence-corrected chi connectivity index (χ0v) is 14.9. The van der Waals surface area contributed by atoms with Crippen LogP contribution in [0.3, 0.4) is 0 Å². The molecule has 132 valence electrons. The molecule has 0 bridgehead atoms. The molecule has 1 aliphatic heterocycles. The van der Waals surface area contributed by atoms with Crippen molar-refractivity contribution in [1.29, 1.82) is 0 Å². The summed E-state index contributed by atoms with van der Waals surface area (Å²) in [5.74, 6) is -0.569. The molecule has 0 spiro atoms. The summed E-state index contributed by atoms with van der Waals surface area (Å²) in [6, 6.07) is 8.28. The van der Waals surface area contributed by atoms with Crippen molar-refractivity contribution in [2.45, 2.75) is 51.7 Å². The Morgan fingerprint density at radius 2 is 1.83 bits per heavy atom. The molecule has 7 heteroatoms. The standard InChI is InChI=1S/C17H25N3O4/c1-6-18-17(5,15(21)24-7-2)14(20(22)23)16(3,4)19(18)13-11-9-8-10-12-13/h8-12,14H,6-7H2,1-5H3. The van der Waals surface area contributed by atoms with Crippen LogP contribution in [0.5, 0.6) is 0 Å². The first-order chi connectivity index (χ1) is 11.2. The highest BCUT2D eigenvalue weighted by atomic mass is 16.6. The highest BCUT2D eigenvalue weighted by Gasteiger charge is 2.70. The first kappa shape index (κ1) is 18.2. The number of para-hydroxylation sites is 1. The third-order valence-electron chi connectivity index (χ3n) is 4.72. The van der Waals surface area contributed by atoms with Crippen LogP contribution in [0.2, 0.25) is 0 Å². The third kappa shape index (κ3) is 2.53. The van der Waals surface area contributed by atoms with Crippen LogP contribution < -0.4 is 5.01 Å². The summed E-state index contributed by atoms with van der Waals surface area (Å²) in [4.78, 5) is 24.3. The van der Waals surface area contributed by atoms with E-state index in [4.69, 9.17) is 4.74 Å². The maximum atomic E-state index is 12.7. The minimum absolute atomic E-state index is 0.183. The van der Waals surface area contributed by atoms with E-state index in [2.05, 4.69) is 0 Å². The van der Waals surface area contributed by atoms with E-state index in [-0.39, 0.29) is 11.5 Å². The van der Waals surface area contributed by atoms with E-state index in [0.29, 0.717) is 6.54 Å². The van der Waals surface area contributed by atoms with Gasteiger partial charge in [-0.15, -0.1) is 0 Å². The van der Waals surface area contributed by atoms with Crippen LogP contribution in [-0.2, 0) is 9.53 Å². The molecular formula is C17H25N3O4. The average molecular weight is 335 g/mol. The smallest absolute Gasteiger partial charge is 0.335 e. The van der Waals surface area contributed by atoms with E-state index in [1.165, 1.54) is 0 Å². The van der Waals surface area contributed by atoms with Crippen LogP contribution in [0.1, 0.15) is 34.6 Å². The molecule has 2 unspecified atom stereocenters. The highest BCUT2D eigenvalue weighted by molar-refractivity contribution is 5.83. The lowest BCUT2D eigenvalue weighted by Gasteiger charge is -2.39. The van der Waals surface area contributed by atoms with Crippen molar-refractivity contribution in [2.75, 3.05) is 18.2 Å². The van der Waals surface area contributed by atoms with Gasteiger partial charge in [0, 0.05) is 11.5 Å². The minimum atomic E-state index is -1.38. The van der Waals surface area contributed by atoms with Crippen LogP contribution >= 0.6 is 0 Å². The van der Waals surface area contributed by atoms with Gasteiger partial charge in [-0.05, 0) is 39.8 Å². The van der Waals surface area contributed by atoms with Gasteiger partial charge >= 0.3 is 5.97 Å². The molecule has 0 aromatic heterocycles. The predicted molar refractivity (Wildman–Crippen MR) is 91.2 cm³/mol. The lowest BCUT2D eigenvalue weighted by molar-refractivity contribution is -0.537. The lowest BCUT2D eigenvalue weighted by atomic mass is 9.82. The minimum Gasteiger partial charge on any atom is -0.464 e. The van der Waals surface area contributed by atoms with Crippen molar-refractivity contribution in [2.24, 2.45) is 0 Å². The molecule has 1 fully saturated rings. The quantitative estimate of drug-likeness (QED) is 0.467. The molecule has 1 saturated heterocycles. The second-order valence-electron chi connectivity index (χ2n) is 6.57. The van der Waals surface area contributed by atoms with Gasteiger partial charge in [-0.2, -0.15) is 5.01 Å². The molecule has 1 aromatic carbocycles. The molecule has 0 saturated carbocycles. The van der Waals surface area contributed by atoms with Crippen LogP contribution in [-0.4, -0.2) is 46.2 Å². The SMILES string of the molecule is CCOC(=O)C1(C)C([N+](=O)[O-])C(C)(C)N(c2ccccc2)N1CC. The zero-order valence-electron chi connectivity index (χ0n) is 14.9. The fraction of sp³-hybridized carbons (Fsp3) is 0.588. The van der Waals surface area contributed by atoms with Gasteiger partial charge in [-0.1, -0.05) is 25.1 Å². The Balaban J connectivity index is 2.66. The Kier molecular flexibility index (Phi) is 4.85. The molecule has 2 rings (SSSR count). The van der Waals surface area contributed by atoms with Crippen molar-refractivity contribution in [1.82, 2.24) is 5.01 Å². The van der Waals surface area contributed by atoms with Crippen molar-refractivity contribution in [3.05, 3.63) is 40.4 Å². The number of benzene rings is 1. The number of ether oxygens (including phenoxy) is 1. The number of nitro groups is 1. The van der Waals surface area contributed by atoms with Crippen molar-refractivity contribution in [3.8, 4) is 0 Å². The third-order valence-corrected chi connectivity index (χ3v) is 4.72. The van der Waals surface area contributed by atoms with Gasteiger partial charge < -0.3 is 4.74 Å². The first-order valence-corrected chi connectivity index (χ1v) is 8.16. The summed E-state index contributed by atoms with van der Waals surface area (Å²) in [5, 5.41) is 15.5. The van der Waals surface area contributed by atoms with Crippen LogP contribution in [0.4, 0.5) is 5.69 Å². The molecule has 7 nitrogen and oxygen atoms in total. The average Bonchev–Trinajstić information content (AvgIpc) is 2.71. The summed E-state index contributed by atoms with van der Waals surface area (Å²) >= 11 is 0. The molecule has 2 atom stereocenters. The number of hydrogen-bond donors (Lipinski definition) is 0. The first-order valence-electron chi connectivity index (χ1n) is 8.16. The van der Waals surface area contributed by atoms with Gasteiger partial charge in [0.2, 0.25) is 5.54 Å². The monoisotopic (exact) mass is 335 g/mol. The molecule has 0 aliphatic carbocycles. The Labute approximate surface area is 142 Å². The number of carbonyl (C=O) groups excluding carboxylic acids is 1. The number of carbonyl (C=O) groups is 1. The van der Waals surface area contributed by atoms with Crippen molar-refractivity contribution >= 4 is 11.7 Å². The zero-order chi connectivity index (χ0) is 18.1. The summed E-state index contributed by atoms with van der Waals surface area (Å²) in [7, 11) is 0. The van der Waals surface area contributed by atoms with Gasteiger partial charge in [-0.25, -0.2) is 4.79 Å². The largest absolute Gasteiger partial charge is 0.464 e. The van der Waals surface area contributed by atoms with Gasteiger partial charge in [0.15, 0.2) is 0 Å². The fourth-order valence-electron chi connectivity index (χ4n) is 3.93. The Morgan fingerprint density at radius 3 is 2.29 bits per heavy atom. The number of hydrogen-bond acceptors (Lipinski definition) is 6. The molecule has 24 heavy (non-hydrogen) atoms. The summed E-state index contributed by atoms with van der Waals surface area (Å²) in [6.07, 6.45) is 0. The molecule has 0 radical (unpaired) electrons. The second kappa shape index (κ2) is 6.39. The molecule has 0 N–H and O–H groups in total. The van der Waals surface area contributed by atoms with E-state index in [0.717, 1.165) is 5.69 Å². The van der Waals surface area contributed by atoms with Crippen molar-refractivity contribution in [3.63, 3.8) is 0 Å². The van der Waals surface area contributed by atoms with Gasteiger partial charge in [0.25, 0.3) is 6.04 Å². The van der Waals surface area contributed by atoms with Gasteiger partial charge in [0.1, 0.15) is 5.54 Å². The summed E-state index contributed by atoms with van der Waals surface area (Å²) in [6.45, 7) is 9.40. The van der Waals surface area contributed by atoms with Crippen LogP contribution in [0.25, 0.3) is 0 Å². The Bertz CT molecular complexity index is 620. The summed E-state index contributed by atoms with van der Waals surface area (Å²) < 4.78 is 5.21. The molecule has 0 amide bonds. The number of nitrogens with zero attached hydrogens (tertiary/aromatic N) is 3.